The van der Waals surface area contributed by atoms with Crippen LogP contribution in [0.3, 0.4) is 0 Å². The molecule has 0 saturated heterocycles. The van der Waals surface area contributed by atoms with Crippen molar-refractivity contribution in [1.82, 2.24) is 14.6 Å². The molecule has 4 aromatic rings. The maximum absolute atomic E-state index is 14.3. The summed E-state index contributed by atoms with van der Waals surface area (Å²) in [4.78, 5) is 4.71. The van der Waals surface area contributed by atoms with Gasteiger partial charge in [0.2, 0.25) is 5.88 Å². The van der Waals surface area contributed by atoms with E-state index in [4.69, 9.17) is 4.55 Å². The Hall–Kier alpha value is -3.17. The predicted molar refractivity (Wildman–Crippen MR) is 99.2 cm³/mol. The first kappa shape index (κ1) is 18.2. The summed E-state index contributed by atoms with van der Waals surface area (Å²) in [6, 6.07) is 10.7. The van der Waals surface area contributed by atoms with Crippen molar-refractivity contribution in [2.75, 3.05) is 0 Å². The van der Waals surface area contributed by atoms with Gasteiger partial charge in [-0.3, -0.25) is 0 Å². The summed E-state index contributed by atoms with van der Waals surface area (Å²) in [6.07, 6.45) is 0. The van der Waals surface area contributed by atoms with Crippen LogP contribution in [0.4, 0.5) is 8.78 Å². The lowest BCUT2D eigenvalue weighted by Crippen LogP contribution is -1.95. The van der Waals surface area contributed by atoms with Crippen LogP contribution in [0.5, 0.6) is 5.88 Å². The molecule has 0 bridgehead atoms. The quantitative estimate of drug-likeness (QED) is 0.508. The summed E-state index contributed by atoms with van der Waals surface area (Å²) in [5.74, 6) is -1.68. The average Bonchev–Trinajstić information content (AvgIpc) is 2.98. The molecular weight excluding hydrogens is 388 g/mol. The normalized spacial score (nSPS) is 12.4. The molecule has 1 atom stereocenters. The Morgan fingerprint density at radius 3 is 2.43 bits per heavy atom. The molecular formula is C19H13F2N3O3S. The number of aryl methyl sites for hydroxylation is 1. The van der Waals surface area contributed by atoms with Crippen LogP contribution in [0.15, 0.2) is 53.4 Å². The van der Waals surface area contributed by atoms with Crippen molar-refractivity contribution in [3.8, 4) is 28.3 Å². The van der Waals surface area contributed by atoms with Crippen molar-refractivity contribution in [3.63, 3.8) is 0 Å². The molecule has 2 aromatic carbocycles. The van der Waals surface area contributed by atoms with Gasteiger partial charge in [-0.25, -0.2) is 18.0 Å². The first-order valence-electron chi connectivity index (χ1n) is 8.11. The Balaban J connectivity index is 1.93. The first-order valence-corrected chi connectivity index (χ1v) is 9.22. The number of hydrogen-bond donors (Lipinski definition) is 2. The van der Waals surface area contributed by atoms with Crippen LogP contribution in [0, 0.1) is 18.6 Å². The number of aromatic hydroxyl groups is 1. The third-order valence-electron chi connectivity index (χ3n) is 4.30. The maximum Gasteiger partial charge on any atom is 0.216 e. The van der Waals surface area contributed by atoms with E-state index in [0.29, 0.717) is 22.5 Å². The van der Waals surface area contributed by atoms with Gasteiger partial charge >= 0.3 is 0 Å². The second kappa shape index (κ2) is 6.77. The number of hydrogen-bond acceptors (Lipinski definition) is 4. The van der Waals surface area contributed by atoms with Gasteiger partial charge in [-0.1, -0.05) is 12.1 Å². The molecule has 0 radical (unpaired) electrons. The van der Waals surface area contributed by atoms with E-state index in [9.17, 15) is 18.1 Å². The van der Waals surface area contributed by atoms with Crippen LogP contribution < -0.4 is 0 Å². The third-order valence-corrected chi connectivity index (χ3v) is 4.97. The highest BCUT2D eigenvalue weighted by atomic mass is 32.2. The minimum absolute atomic E-state index is 0.115. The molecule has 0 aliphatic carbocycles. The second-order valence-corrected chi connectivity index (χ2v) is 7.06. The fourth-order valence-electron chi connectivity index (χ4n) is 3.01. The average molecular weight is 401 g/mol. The molecule has 9 heteroatoms. The molecule has 0 saturated carbocycles. The van der Waals surface area contributed by atoms with Crippen molar-refractivity contribution >= 4 is 16.7 Å². The second-order valence-electron chi connectivity index (χ2n) is 6.09. The Kier molecular flexibility index (Phi) is 4.40. The molecule has 28 heavy (non-hydrogen) atoms. The Labute approximate surface area is 160 Å². The standard InChI is InChI=1S/C19H13F2N3O3S/c1-10-18(14-7-4-12(20)8-15(14)21)19-22-16(9-17(25)24(19)23-10)11-2-5-13(6-3-11)28(26)27/h2-9,25H,1H3,(H,26,27). The van der Waals surface area contributed by atoms with Crippen molar-refractivity contribution in [2.45, 2.75) is 11.8 Å². The van der Waals surface area contributed by atoms with E-state index in [0.717, 1.165) is 12.1 Å². The van der Waals surface area contributed by atoms with Crippen LogP contribution in [0.2, 0.25) is 0 Å². The highest BCUT2D eigenvalue weighted by Gasteiger charge is 2.20. The van der Waals surface area contributed by atoms with Crippen LogP contribution in [0.25, 0.3) is 28.0 Å². The fraction of sp³-hybridized carbons (Fsp3) is 0.0526. The zero-order valence-electron chi connectivity index (χ0n) is 14.4. The molecule has 0 fully saturated rings. The van der Waals surface area contributed by atoms with Crippen molar-refractivity contribution in [2.24, 2.45) is 0 Å². The molecule has 2 aromatic heterocycles. The van der Waals surface area contributed by atoms with E-state index in [1.807, 2.05) is 0 Å². The topological polar surface area (TPSA) is 87.7 Å². The van der Waals surface area contributed by atoms with E-state index in [2.05, 4.69) is 10.1 Å². The molecule has 0 aliphatic rings. The molecule has 0 aliphatic heterocycles. The van der Waals surface area contributed by atoms with E-state index in [1.165, 1.54) is 28.8 Å². The van der Waals surface area contributed by atoms with Crippen molar-refractivity contribution < 1.29 is 22.6 Å². The summed E-state index contributed by atoms with van der Waals surface area (Å²) < 4.78 is 49.1. The van der Waals surface area contributed by atoms with Crippen LogP contribution in [0.1, 0.15) is 5.69 Å². The van der Waals surface area contributed by atoms with Crippen LogP contribution >= 0.6 is 0 Å². The Morgan fingerprint density at radius 2 is 1.79 bits per heavy atom. The zero-order chi connectivity index (χ0) is 20.0. The largest absolute Gasteiger partial charge is 0.493 e. The molecule has 4 rings (SSSR count). The van der Waals surface area contributed by atoms with Gasteiger partial charge in [0, 0.05) is 23.3 Å². The van der Waals surface area contributed by atoms with Gasteiger partial charge in [-0.2, -0.15) is 9.61 Å². The summed E-state index contributed by atoms with van der Waals surface area (Å²) in [5, 5.41) is 14.6. The fourth-order valence-corrected chi connectivity index (χ4v) is 3.37. The molecule has 2 N–H and O–H groups in total. The number of nitrogens with zero attached hydrogens (tertiary/aromatic N) is 3. The van der Waals surface area contributed by atoms with Gasteiger partial charge in [-0.15, -0.1) is 0 Å². The highest BCUT2D eigenvalue weighted by Crippen LogP contribution is 2.33. The molecule has 1 unspecified atom stereocenters. The minimum Gasteiger partial charge on any atom is -0.493 e. The number of halogens is 2. The Morgan fingerprint density at radius 1 is 1.07 bits per heavy atom. The monoisotopic (exact) mass is 401 g/mol. The van der Waals surface area contributed by atoms with Gasteiger partial charge in [0.25, 0.3) is 0 Å². The Bertz CT molecular complexity index is 1240. The summed E-state index contributed by atoms with van der Waals surface area (Å²) in [5.41, 5.74) is 2.01. The summed E-state index contributed by atoms with van der Waals surface area (Å²) >= 11 is -2.11. The lowest BCUT2D eigenvalue weighted by Gasteiger charge is -2.07. The van der Waals surface area contributed by atoms with Gasteiger partial charge in [0.1, 0.15) is 11.6 Å². The summed E-state index contributed by atoms with van der Waals surface area (Å²) in [6.45, 7) is 1.64. The van der Waals surface area contributed by atoms with Gasteiger partial charge < -0.3 is 9.66 Å². The first-order chi connectivity index (χ1) is 13.3. The number of benzene rings is 2. The molecule has 2 heterocycles. The number of aromatic nitrogens is 3. The predicted octanol–water partition coefficient (Wildman–Crippen LogP) is 3.94. The smallest absolute Gasteiger partial charge is 0.216 e. The molecule has 6 nitrogen and oxygen atoms in total. The van der Waals surface area contributed by atoms with E-state index < -0.39 is 22.7 Å². The van der Waals surface area contributed by atoms with Crippen LogP contribution in [-0.2, 0) is 11.1 Å². The van der Waals surface area contributed by atoms with Crippen molar-refractivity contribution in [1.29, 1.82) is 0 Å². The van der Waals surface area contributed by atoms with Gasteiger partial charge in [0.05, 0.1) is 21.8 Å². The lowest BCUT2D eigenvalue weighted by molar-refractivity contribution is 0.435. The van der Waals surface area contributed by atoms with E-state index in [-0.39, 0.29) is 22.0 Å². The summed E-state index contributed by atoms with van der Waals surface area (Å²) in [7, 11) is 0. The molecule has 0 amide bonds. The SMILES string of the molecule is Cc1nn2c(O)cc(-c3ccc(S(=O)O)cc3)nc2c1-c1ccc(F)cc1F. The lowest BCUT2D eigenvalue weighted by atomic mass is 10.1. The molecule has 0 spiro atoms. The van der Waals surface area contributed by atoms with Crippen molar-refractivity contribution in [3.05, 3.63) is 65.9 Å². The van der Waals surface area contributed by atoms with E-state index >= 15 is 0 Å². The zero-order valence-corrected chi connectivity index (χ0v) is 15.2. The van der Waals surface area contributed by atoms with Crippen LogP contribution in [-0.4, -0.2) is 28.5 Å². The third kappa shape index (κ3) is 3.04. The maximum atomic E-state index is 14.3. The van der Waals surface area contributed by atoms with Gasteiger partial charge in [-0.05, 0) is 31.2 Å². The highest BCUT2D eigenvalue weighted by molar-refractivity contribution is 7.79. The molecule has 142 valence electrons. The minimum atomic E-state index is -2.11. The van der Waals surface area contributed by atoms with E-state index in [1.54, 1.807) is 19.1 Å². The number of rotatable bonds is 3. The van der Waals surface area contributed by atoms with Gasteiger partial charge in [0.15, 0.2) is 16.7 Å². The number of fused-ring (bicyclic) bond motifs is 1.